The number of hydrogen-bond acceptors (Lipinski definition) is 5. The van der Waals surface area contributed by atoms with Gasteiger partial charge in [-0.25, -0.2) is 13.1 Å². The van der Waals surface area contributed by atoms with Gasteiger partial charge in [0.1, 0.15) is 0 Å². The molecule has 136 valence electrons. The zero-order valence-electron chi connectivity index (χ0n) is 14.4. The second-order valence-corrected chi connectivity index (χ2v) is 8.20. The van der Waals surface area contributed by atoms with Crippen molar-refractivity contribution < 1.29 is 18.3 Å². The molecule has 0 spiro atoms. The number of nitrogens with zero attached hydrogens (tertiary/aromatic N) is 1. The Morgan fingerprint density at radius 3 is 2.71 bits per heavy atom. The van der Waals surface area contributed by atoms with Crippen LogP contribution < -0.4 is 4.72 Å². The van der Waals surface area contributed by atoms with Crippen molar-refractivity contribution in [2.75, 3.05) is 26.7 Å². The van der Waals surface area contributed by atoms with Gasteiger partial charge in [-0.05, 0) is 25.6 Å². The van der Waals surface area contributed by atoms with E-state index in [-0.39, 0.29) is 18.5 Å². The van der Waals surface area contributed by atoms with E-state index in [4.69, 9.17) is 4.74 Å². The van der Waals surface area contributed by atoms with E-state index in [1.807, 2.05) is 13.1 Å². The number of nitrogens with one attached hydrogen (secondary N) is 1. The van der Waals surface area contributed by atoms with Gasteiger partial charge in [-0.1, -0.05) is 43.7 Å². The lowest BCUT2D eigenvalue weighted by Crippen LogP contribution is -2.46. The molecular formula is C17H28N2O4S. The molecule has 0 bridgehead atoms. The maximum atomic E-state index is 12.3. The molecule has 3 atom stereocenters. The zero-order valence-corrected chi connectivity index (χ0v) is 15.2. The van der Waals surface area contributed by atoms with Crippen LogP contribution in [0.4, 0.5) is 0 Å². The van der Waals surface area contributed by atoms with Crippen molar-refractivity contribution in [2.45, 2.75) is 43.8 Å². The fourth-order valence-corrected chi connectivity index (χ4v) is 4.22. The van der Waals surface area contributed by atoms with Crippen LogP contribution in [-0.4, -0.2) is 63.4 Å². The van der Waals surface area contributed by atoms with E-state index < -0.39 is 22.2 Å². The van der Waals surface area contributed by atoms with Crippen LogP contribution >= 0.6 is 0 Å². The third-order valence-corrected chi connectivity index (χ3v) is 5.57. The topological polar surface area (TPSA) is 78.9 Å². The molecule has 1 heterocycles. The molecule has 0 aliphatic carbocycles. The van der Waals surface area contributed by atoms with Crippen LogP contribution in [0.2, 0.25) is 0 Å². The van der Waals surface area contributed by atoms with E-state index in [1.165, 1.54) is 0 Å². The van der Waals surface area contributed by atoms with Gasteiger partial charge in [0.15, 0.2) is 0 Å². The van der Waals surface area contributed by atoms with Crippen molar-refractivity contribution in [3.63, 3.8) is 0 Å². The molecule has 0 aromatic heterocycles. The average molecular weight is 356 g/mol. The molecule has 6 nitrogen and oxygen atoms in total. The first kappa shape index (κ1) is 19.3. The Morgan fingerprint density at radius 2 is 2.04 bits per heavy atom. The van der Waals surface area contributed by atoms with Gasteiger partial charge in [0, 0.05) is 6.54 Å². The summed E-state index contributed by atoms with van der Waals surface area (Å²) in [6.07, 6.45) is 1.00. The minimum atomic E-state index is -3.52. The lowest BCUT2D eigenvalue weighted by molar-refractivity contribution is 0.0203. The van der Waals surface area contributed by atoms with Gasteiger partial charge in [0.25, 0.3) is 0 Å². The van der Waals surface area contributed by atoms with Crippen molar-refractivity contribution in [1.29, 1.82) is 0 Å². The summed E-state index contributed by atoms with van der Waals surface area (Å²) in [6.45, 7) is 3.86. The largest absolute Gasteiger partial charge is 0.389 e. The predicted molar refractivity (Wildman–Crippen MR) is 94.1 cm³/mol. The molecule has 0 radical (unpaired) electrons. The van der Waals surface area contributed by atoms with Crippen LogP contribution in [0.25, 0.3) is 0 Å². The number of aliphatic hydroxyl groups is 1. The number of rotatable bonds is 9. The van der Waals surface area contributed by atoms with Crippen LogP contribution in [0, 0.1) is 0 Å². The minimum Gasteiger partial charge on any atom is -0.389 e. The Hall–Kier alpha value is -0.990. The van der Waals surface area contributed by atoms with Crippen LogP contribution in [0.3, 0.4) is 0 Å². The standard InChI is InChI=1S/C17H28N2O4S/c1-3-4-10-19(2)11-16-17(20)15(12-23-16)18-24(21,22)13-14-8-6-5-7-9-14/h5-9,15-18,20H,3-4,10-13H2,1-2H3/t15-,16-,17+/m0/s1. The molecule has 0 unspecified atom stereocenters. The van der Waals surface area contributed by atoms with E-state index in [1.54, 1.807) is 24.3 Å². The minimum absolute atomic E-state index is 0.0991. The summed E-state index contributed by atoms with van der Waals surface area (Å²) in [4.78, 5) is 2.11. The van der Waals surface area contributed by atoms with E-state index in [2.05, 4.69) is 16.5 Å². The Morgan fingerprint density at radius 1 is 1.33 bits per heavy atom. The number of ether oxygens (including phenoxy) is 1. The molecule has 2 rings (SSSR count). The zero-order chi connectivity index (χ0) is 17.6. The fourth-order valence-electron chi connectivity index (χ4n) is 2.84. The molecular weight excluding hydrogens is 328 g/mol. The number of likely N-dealkylation sites (N-methyl/N-ethyl adjacent to an activating group) is 1. The maximum Gasteiger partial charge on any atom is 0.216 e. The Kier molecular flexibility index (Phi) is 7.18. The molecule has 1 saturated heterocycles. The quantitative estimate of drug-likeness (QED) is 0.689. The Bertz CT molecular complexity index is 594. The van der Waals surface area contributed by atoms with E-state index in [9.17, 15) is 13.5 Å². The number of unbranched alkanes of at least 4 members (excludes halogenated alkanes) is 1. The molecule has 1 fully saturated rings. The van der Waals surface area contributed by atoms with Gasteiger partial charge < -0.3 is 14.7 Å². The molecule has 1 aromatic carbocycles. The van der Waals surface area contributed by atoms with Crippen LogP contribution in [0.1, 0.15) is 25.3 Å². The van der Waals surface area contributed by atoms with Crippen molar-refractivity contribution in [3.05, 3.63) is 35.9 Å². The first-order valence-electron chi connectivity index (χ1n) is 8.43. The number of sulfonamides is 1. The van der Waals surface area contributed by atoms with Crippen molar-refractivity contribution >= 4 is 10.0 Å². The average Bonchev–Trinajstić information content (AvgIpc) is 2.86. The van der Waals surface area contributed by atoms with Crippen molar-refractivity contribution in [3.8, 4) is 0 Å². The van der Waals surface area contributed by atoms with Gasteiger partial charge in [-0.2, -0.15) is 0 Å². The molecule has 7 heteroatoms. The summed E-state index contributed by atoms with van der Waals surface area (Å²) in [5.74, 6) is -0.0991. The molecule has 2 N–H and O–H groups in total. The third-order valence-electron chi connectivity index (χ3n) is 4.20. The van der Waals surface area contributed by atoms with Gasteiger partial charge >= 0.3 is 0 Å². The van der Waals surface area contributed by atoms with Gasteiger partial charge in [0.05, 0.1) is 30.6 Å². The molecule has 1 aromatic rings. The fraction of sp³-hybridized carbons (Fsp3) is 0.647. The Balaban J connectivity index is 1.87. The van der Waals surface area contributed by atoms with E-state index in [0.29, 0.717) is 12.1 Å². The summed E-state index contributed by atoms with van der Waals surface area (Å²) in [5, 5.41) is 10.4. The summed E-state index contributed by atoms with van der Waals surface area (Å²) in [5.41, 5.74) is 0.717. The molecule has 0 amide bonds. The first-order chi connectivity index (χ1) is 11.4. The van der Waals surface area contributed by atoms with Crippen LogP contribution in [-0.2, 0) is 20.5 Å². The highest BCUT2D eigenvalue weighted by molar-refractivity contribution is 7.88. The number of benzene rings is 1. The molecule has 0 saturated carbocycles. The van der Waals surface area contributed by atoms with Crippen LogP contribution in [0.5, 0.6) is 0 Å². The van der Waals surface area contributed by atoms with Gasteiger partial charge in [-0.3, -0.25) is 0 Å². The van der Waals surface area contributed by atoms with Crippen molar-refractivity contribution in [1.82, 2.24) is 9.62 Å². The SMILES string of the molecule is CCCCN(C)C[C@@H]1OC[C@H](NS(=O)(=O)Cc2ccccc2)[C@H]1O. The highest BCUT2D eigenvalue weighted by Crippen LogP contribution is 2.17. The molecule has 1 aliphatic heterocycles. The van der Waals surface area contributed by atoms with Crippen molar-refractivity contribution in [2.24, 2.45) is 0 Å². The lowest BCUT2D eigenvalue weighted by Gasteiger charge is -2.23. The second-order valence-electron chi connectivity index (χ2n) is 6.45. The predicted octanol–water partition coefficient (Wildman–Crippen LogP) is 0.966. The third kappa shape index (κ3) is 5.82. The normalized spacial score (nSPS) is 24.6. The highest BCUT2D eigenvalue weighted by atomic mass is 32.2. The summed E-state index contributed by atoms with van der Waals surface area (Å²) >= 11 is 0. The summed E-state index contributed by atoms with van der Waals surface area (Å²) < 4.78 is 32.8. The molecule has 1 aliphatic rings. The van der Waals surface area contributed by atoms with Gasteiger partial charge in [0.2, 0.25) is 10.0 Å². The van der Waals surface area contributed by atoms with Crippen LogP contribution in [0.15, 0.2) is 30.3 Å². The number of hydrogen-bond donors (Lipinski definition) is 2. The smallest absolute Gasteiger partial charge is 0.216 e. The highest BCUT2D eigenvalue weighted by Gasteiger charge is 2.38. The molecule has 24 heavy (non-hydrogen) atoms. The van der Waals surface area contributed by atoms with E-state index in [0.717, 1.165) is 19.4 Å². The maximum absolute atomic E-state index is 12.3. The number of aliphatic hydroxyl groups excluding tert-OH is 1. The first-order valence-corrected chi connectivity index (χ1v) is 10.1. The Labute approximate surface area is 144 Å². The monoisotopic (exact) mass is 356 g/mol. The summed E-state index contributed by atoms with van der Waals surface area (Å²) in [7, 11) is -1.54. The second kappa shape index (κ2) is 8.92. The lowest BCUT2D eigenvalue weighted by atomic mass is 10.1. The van der Waals surface area contributed by atoms with Gasteiger partial charge in [-0.15, -0.1) is 0 Å². The van der Waals surface area contributed by atoms with E-state index >= 15 is 0 Å². The summed E-state index contributed by atoms with van der Waals surface area (Å²) in [6, 6.07) is 8.40.